The molecule has 2 aromatic rings. The van der Waals surface area contributed by atoms with Crippen LogP contribution in [0.4, 0.5) is 5.82 Å². The van der Waals surface area contributed by atoms with Crippen molar-refractivity contribution < 1.29 is 4.79 Å². The Morgan fingerprint density at radius 3 is 2.92 bits per heavy atom. The number of aryl methyl sites for hydroxylation is 2. The third-order valence-corrected chi connectivity index (χ3v) is 4.58. The van der Waals surface area contributed by atoms with Crippen LogP contribution >= 0.6 is 11.6 Å². The number of nitrogens with one attached hydrogen (secondary N) is 1. The van der Waals surface area contributed by atoms with Crippen molar-refractivity contribution in [1.29, 1.82) is 0 Å². The Labute approximate surface area is 151 Å². The lowest BCUT2D eigenvalue weighted by Crippen LogP contribution is -2.49. The van der Waals surface area contributed by atoms with Gasteiger partial charge in [0, 0.05) is 49.2 Å². The van der Waals surface area contributed by atoms with Crippen LogP contribution in [-0.4, -0.2) is 34.6 Å². The first kappa shape index (κ1) is 17.5. The van der Waals surface area contributed by atoms with Crippen LogP contribution in [0.3, 0.4) is 0 Å². The summed E-state index contributed by atoms with van der Waals surface area (Å²) in [5.74, 6) is 0.286. The zero-order valence-electron chi connectivity index (χ0n) is 14.3. The summed E-state index contributed by atoms with van der Waals surface area (Å²) >= 11 is 6.04. The van der Waals surface area contributed by atoms with E-state index in [2.05, 4.69) is 10.3 Å². The lowest BCUT2D eigenvalue weighted by Gasteiger charge is -2.33. The first-order valence-electron chi connectivity index (χ1n) is 8.28. The summed E-state index contributed by atoms with van der Waals surface area (Å²) in [6.07, 6.45) is 5.01. The van der Waals surface area contributed by atoms with Crippen molar-refractivity contribution in [3.63, 3.8) is 0 Å². The Morgan fingerprint density at radius 2 is 2.16 bits per heavy atom. The maximum atomic E-state index is 12.5. The number of benzene rings is 1. The molecule has 1 N–H and O–H groups in total. The normalized spacial score (nSPS) is 17.4. The highest BCUT2D eigenvalue weighted by Crippen LogP contribution is 2.17. The van der Waals surface area contributed by atoms with Crippen molar-refractivity contribution >= 4 is 23.3 Å². The number of rotatable bonds is 3. The van der Waals surface area contributed by atoms with E-state index in [9.17, 15) is 9.59 Å². The third-order valence-electron chi connectivity index (χ3n) is 4.36. The van der Waals surface area contributed by atoms with Gasteiger partial charge in [-0.15, -0.1) is 0 Å². The van der Waals surface area contributed by atoms with Crippen LogP contribution in [0.1, 0.15) is 28.8 Å². The number of aromatic nitrogens is 2. The SMILES string of the molecule is Cc1cc(Cl)cc(C(=O)NC2CCCN(c3nccn(C)c3=O)C2)c1. The average molecular weight is 361 g/mol. The lowest BCUT2D eigenvalue weighted by molar-refractivity contribution is 0.0933. The second kappa shape index (κ2) is 7.27. The number of hydrogen-bond acceptors (Lipinski definition) is 4. The number of amides is 1. The summed E-state index contributed by atoms with van der Waals surface area (Å²) in [7, 11) is 1.71. The lowest BCUT2D eigenvalue weighted by atomic mass is 10.0. The zero-order valence-corrected chi connectivity index (χ0v) is 15.1. The maximum absolute atomic E-state index is 12.5. The van der Waals surface area contributed by atoms with Crippen molar-refractivity contribution in [1.82, 2.24) is 14.9 Å². The minimum absolute atomic E-state index is 0.0350. The molecule has 0 spiro atoms. The molecule has 25 heavy (non-hydrogen) atoms. The van der Waals surface area contributed by atoms with Crippen molar-refractivity contribution in [2.75, 3.05) is 18.0 Å². The molecule has 0 saturated carbocycles. The van der Waals surface area contributed by atoms with Gasteiger partial charge in [-0.1, -0.05) is 11.6 Å². The molecule has 1 aromatic carbocycles. The van der Waals surface area contributed by atoms with E-state index in [1.54, 1.807) is 25.5 Å². The van der Waals surface area contributed by atoms with Gasteiger partial charge in [-0.2, -0.15) is 0 Å². The first-order chi connectivity index (χ1) is 11.9. The van der Waals surface area contributed by atoms with Gasteiger partial charge in [0.2, 0.25) is 0 Å². The monoisotopic (exact) mass is 360 g/mol. The van der Waals surface area contributed by atoms with Crippen LogP contribution in [0.15, 0.2) is 35.4 Å². The summed E-state index contributed by atoms with van der Waals surface area (Å²) in [6, 6.07) is 5.26. The molecule has 132 valence electrons. The van der Waals surface area contributed by atoms with Gasteiger partial charge in [-0.25, -0.2) is 4.98 Å². The van der Waals surface area contributed by atoms with E-state index in [1.807, 2.05) is 24.0 Å². The second-order valence-corrected chi connectivity index (χ2v) is 6.88. The van der Waals surface area contributed by atoms with Crippen molar-refractivity contribution in [2.45, 2.75) is 25.8 Å². The fourth-order valence-corrected chi connectivity index (χ4v) is 3.41. The molecule has 2 heterocycles. The molecule has 1 unspecified atom stereocenters. The number of nitrogens with zero attached hydrogens (tertiary/aromatic N) is 3. The van der Waals surface area contributed by atoms with Crippen LogP contribution in [-0.2, 0) is 7.05 Å². The Bertz CT molecular complexity index is 829. The van der Waals surface area contributed by atoms with Crippen LogP contribution in [0.2, 0.25) is 5.02 Å². The van der Waals surface area contributed by atoms with Gasteiger partial charge in [0.25, 0.3) is 11.5 Å². The molecule has 1 saturated heterocycles. The van der Waals surface area contributed by atoms with Crippen molar-refractivity contribution in [2.24, 2.45) is 7.05 Å². The van der Waals surface area contributed by atoms with Crippen LogP contribution in [0.25, 0.3) is 0 Å². The van der Waals surface area contributed by atoms with Crippen LogP contribution in [0.5, 0.6) is 0 Å². The van der Waals surface area contributed by atoms with E-state index in [4.69, 9.17) is 11.6 Å². The van der Waals surface area contributed by atoms with E-state index in [1.165, 1.54) is 4.57 Å². The van der Waals surface area contributed by atoms with Gasteiger partial charge in [0.1, 0.15) is 0 Å². The zero-order chi connectivity index (χ0) is 18.0. The van der Waals surface area contributed by atoms with E-state index >= 15 is 0 Å². The van der Waals surface area contributed by atoms with Crippen LogP contribution in [0, 0.1) is 6.92 Å². The Morgan fingerprint density at radius 1 is 1.36 bits per heavy atom. The van der Waals surface area contributed by atoms with Gasteiger partial charge in [-0.05, 0) is 43.5 Å². The minimum Gasteiger partial charge on any atom is -0.350 e. The van der Waals surface area contributed by atoms with Crippen molar-refractivity contribution in [3.8, 4) is 0 Å². The summed E-state index contributed by atoms with van der Waals surface area (Å²) in [5.41, 5.74) is 1.37. The smallest absolute Gasteiger partial charge is 0.293 e. The fourth-order valence-electron chi connectivity index (χ4n) is 3.12. The number of anilines is 1. The topological polar surface area (TPSA) is 67.2 Å². The summed E-state index contributed by atoms with van der Waals surface area (Å²) in [6.45, 7) is 3.23. The second-order valence-electron chi connectivity index (χ2n) is 6.44. The summed E-state index contributed by atoms with van der Waals surface area (Å²) in [5, 5.41) is 3.60. The van der Waals surface area contributed by atoms with E-state index in [-0.39, 0.29) is 17.5 Å². The first-order valence-corrected chi connectivity index (χ1v) is 8.66. The minimum atomic E-state index is -0.147. The molecule has 0 aliphatic carbocycles. The molecular formula is C18H21ClN4O2. The van der Waals surface area contributed by atoms with Gasteiger partial charge < -0.3 is 14.8 Å². The maximum Gasteiger partial charge on any atom is 0.293 e. The molecule has 0 bridgehead atoms. The summed E-state index contributed by atoms with van der Waals surface area (Å²) < 4.78 is 1.51. The van der Waals surface area contributed by atoms with Gasteiger partial charge in [0.15, 0.2) is 5.82 Å². The van der Waals surface area contributed by atoms with Gasteiger partial charge >= 0.3 is 0 Å². The molecule has 0 radical (unpaired) electrons. The molecule has 1 amide bonds. The van der Waals surface area contributed by atoms with E-state index in [0.29, 0.717) is 22.9 Å². The molecule has 1 aliphatic rings. The van der Waals surface area contributed by atoms with Gasteiger partial charge in [0.05, 0.1) is 0 Å². The highest BCUT2D eigenvalue weighted by molar-refractivity contribution is 6.31. The van der Waals surface area contributed by atoms with Crippen LogP contribution < -0.4 is 15.8 Å². The standard InChI is InChI=1S/C18H21ClN4O2/c1-12-8-13(10-14(19)9-12)17(24)21-15-4-3-6-23(11-15)16-18(25)22(2)7-5-20-16/h5,7-10,15H,3-4,6,11H2,1-2H3,(H,21,24). The fraction of sp³-hybridized carbons (Fsp3) is 0.389. The Hall–Kier alpha value is -2.34. The molecule has 1 aromatic heterocycles. The molecule has 3 rings (SSSR count). The molecular weight excluding hydrogens is 340 g/mol. The van der Waals surface area contributed by atoms with Gasteiger partial charge in [-0.3, -0.25) is 9.59 Å². The predicted molar refractivity (Wildman–Crippen MR) is 98.4 cm³/mol. The number of hydrogen-bond donors (Lipinski definition) is 1. The highest BCUT2D eigenvalue weighted by Gasteiger charge is 2.24. The van der Waals surface area contributed by atoms with E-state index < -0.39 is 0 Å². The highest BCUT2D eigenvalue weighted by atomic mass is 35.5. The predicted octanol–water partition coefficient (Wildman–Crippen LogP) is 2.14. The summed E-state index contributed by atoms with van der Waals surface area (Å²) in [4.78, 5) is 30.9. The number of carbonyl (C=O) groups is 1. The third kappa shape index (κ3) is 4.02. The average Bonchev–Trinajstić information content (AvgIpc) is 2.56. The molecule has 6 nitrogen and oxygen atoms in total. The number of carbonyl (C=O) groups excluding carboxylic acids is 1. The largest absolute Gasteiger partial charge is 0.350 e. The van der Waals surface area contributed by atoms with E-state index in [0.717, 1.165) is 24.9 Å². The number of piperidine rings is 1. The Kier molecular flexibility index (Phi) is 5.08. The molecule has 1 fully saturated rings. The Balaban J connectivity index is 1.72. The molecule has 1 aliphatic heterocycles. The quantitative estimate of drug-likeness (QED) is 0.910. The molecule has 1 atom stereocenters. The number of halogens is 1. The molecule has 7 heteroatoms. The van der Waals surface area contributed by atoms with Crippen molar-refractivity contribution in [3.05, 3.63) is 57.1 Å².